The van der Waals surface area contributed by atoms with Crippen LogP contribution in [0.4, 0.5) is 17.1 Å². The minimum Gasteiger partial charge on any atom is -0.423 e. The summed E-state index contributed by atoms with van der Waals surface area (Å²) in [6.45, 7) is 9.27. The van der Waals surface area contributed by atoms with Gasteiger partial charge >= 0.3 is 7.12 Å². The highest BCUT2D eigenvalue weighted by Gasteiger charge is 2.35. The van der Waals surface area contributed by atoms with Crippen LogP contribution in [0.3, 0.4) is 0 Å². The third kappa shape index (κ3) is 5.45. The largest absolute Gasteiger partial charge is 0.488 e. The summed E-state index contributed by atoms with van der Waals surface area (Å²) in [4.78, 5) is 2.20. The first-order chi connectivity index (χ1) is 20.8. The Balaban J connectivity index is 1.35. The van der Waals surface area contributed by atoms with Crippen LogP contribution in [-0.4, -0.2) is 17.2 Å². The van der Waals surface area contributed by atoms with Gasteiger partial charge in [-0.2, -0.15) is 0 Å². The molecular formula is C39H38BNO2. The number of benzene rings is 5. The molecule has 0 bridgehead atoms. The lowest BCUT2D eigenvalue weighted by Gasteiger charge is -2.26. The quantitative estimate of drug-likeness (QED) is 0.185. The van der Waals surface area contributed by atoms with Gasteiger partial charge < -0.3 is 14.9 Å². The number of hydrogen-bond donors (Lipinski definition) is 2. The molecule has 0 fully saturated rings. The van der Waals surface area contributed by atoms with Crippen LogP contribution >= 0.6 is 0 Å². The van der Waals surface area contributed by atoms with E-state index in [1.54, 1.807) is 17.7 Å². The van der Waals surface area contributed by atoms with Crippen LogP contribution in [0.5, 0.6) is 0 Å². The van der Waals surface area contributed by atoms with Crippen molar-refractivity contribution in [3.63, 3.8) is 0 Å². The third-order valence-corrected chi connectivity index (χ3v) is 8.94. The minimum absolute atomic E-state index is 0.0440. The van der Waals surface area contributed by atoms with Crippen molar-refractivity contribution >= 4 is 35.2 Å². The minimum atomic E-state index is -1.50. The Morgan fingerprint density at radius 1 is 0.628 bits per heavy atom. The van der Waals surface area contributed by atoms with Crippen molar-refractivity contribution in [3.8, 4) is 22.3 Å². The molecule has 6 rings (SSSR count). The second-order valence-electron chi connectivity index (χ2n) is 12.0. The zero-order valence-corrected chi connectivity index (χ0v) is 25.4. The summed E-state index contributed by atoms with van der Waals surface area (Å²) in [6, 6.07) is 42.0. The highest BCUT2D eigenvalue weighted by atomic mass is 16.4. The lowest BCUT2D eigenvalue weighted by Crippen LogP contribution is -2.29. The van der Waals surface area contributed by atoms with Gasteiger partial charge in [0.05, 0.1) is 0 Å². The van der Waals surface area contributed by atoms with Crippen molar-refractivity contribution in [2.24, 2.45) is 0 Å². The first-order valence-electron chi connectivity index (χ1n) is 15.1. The smallest absolute Gasteiger partial charge is 0.423 e. The summed E-state index contributed by atoms with van der Waals surface area (Å²) in [6.07, 6.45) is 2.30. The zero-order valence-electron chi connectivity index (χ0n) is 25.4. The van der Waals surface area contributed by atoms with E-state index in [0.29, 0.717) is 5.46 Å². The van der Waals surface area contributed by atoms with Gasteiger partial charge in [0.25, 0.3) is 0 Å². The summed E-state index contributed by atoms with van der Waals surface area (Å²) < 4.78 is 0. The molecular weight excluding hydrogens is 525 g/mol. The van der Waals surface area contributed by atoms with Crippen molar-refractivity contribution in [2.45, 2.75) is 46.0 Å². The normalized spacial score (nSPS) is 13.6. The number of allylic oxidation sites excluding steroid dienone is 2. The molecule has 2 N–H and O–H groups in total. The molecule has 3 nitrogen and oxygen atoms in total. The first-order valence-corrected chi connectivity index (χ1v) is 15.1. The molecule has 0 saturated heterocycles. The maximum absolute atomic E-state index is 9.65. The number of rotatable bonds is 8. The fourth-order valence-corrected chi connectivity index (χ4v) is 6.59. The molecule has 5 aromatic rings. The van der Waals surface area contributed by atoms with Gasteiger partial charge in [0.15, 0.2) is 0 Å². The predicted octanol–water partition coefficient (Wildman–Crippen LogP) is 9.04. The highest BCUT2D eigenvalue weighted by molar-refractivity contribution is 6.58. The highest BCUT2D eigenvalue weighted by Crippen LogP contribution is 2.49. The molecule has 0 aliphatic heterocycles. The van der Waals surface area contributed by atoms with E-state index in [-0.39, 0.29) is 5.41 Å². The van der Waals surface area contributed by atoms with Gasteiger partial charge in [-0.3, -0.25) is 0 Å². The van der Waals surface area contributed by atoms with Gasteiger partial charge in [0.2, 0.25) is 0 Å². The fraction of sp³-hybridized carbons (Fsp3) is 0.179. The Labute approximate surface area is 255 Å². The second-order valence-corrected chi connectivity index (χ2v) is 12.0. The van der Waals surface area contributed by atoms with E-state index >= 15 is 0 Å². The Hall–Kier alpha value is -4.38. The summed E-state index contributed by atoms with van der Waals surface area (Å²) >= 11 is 0. The molecule has 0 amide bonds. The summed E-state index contributed by atoms with van der Waals surface area (Å²) in [5.41, 5.74) is 14.0. The molecule has 214 valence electrons. The number of fused-ring (bicyclic) bond motifs is 1. The zero-order chi connectivity index (χ0) is 30.1. The molecule has 1 aliphatic rings. The second kappa shape index (κ2) is 11.7. The standard InChI is InChI=1S/C39H38BNO2/c1-5-9-37-27(2)36-25-16-31(26-38(36)39(37,3)4)30-14-21-34(22-15-30)41(35-23-17-32(18-24-35)40(42)43)33-19-12-29(13-20-33)28-10-7-6-8-11-28/h6-8,10-26,42-43H,5,9H2,1-4H3. The Morgan fingerprint density at radius 3 is 1.65 bits per heavy atom. The van der Waals surface area contributed by atoms with Crippen LogP contribution in [0.15, 0.2) is 127 Å². The Bertz CT molecular complexity index is 1750. The number of hydrogen-bond acceptors (Lipinski definition) is 3. The van der Waals surface area contributed by atoms with Crippen LogP contribution < -0.4 is 10.4 Å². The molecule has 0 spiro atoms. The number of anilines is 3. The summed E-state index contributed by atoms with van der Waals surface area (Å²) in [5, 5.41) is 19.3. The summed E-state index contributed by atoms with van der Waals surface area (Å²) in [7, 11) is -1.50. The van der Waals surface area contributed by atoms with Crippen molar-refractivity contribution in [1.29, 1.82) is 0 Å². The average Bonchev–Trinajstić information content (AvgIpc) is 3.22. The van der Waals surface area contributed by atoms with Gasteiger partial charge in [-0.05, 0) is 100 Å². The lowest BCUT2D eigenvalue weighted by atomic mass is 9.79. The molecule has 0 aromatic heterocycles. The van der Waals surface area contributed by atoms with Crippen molar-refractivity contribution < 1.29 is 10.0 Å². The van der Waals surface area contributed by atoms with E-state index in [1.807, 2.05) is 18.2 Å². The molecule has 43 heavy (non-hydrogen) atoms. The van der Waals surface area contributed by atoms with Gasteiger partial charge in [0, 0.05) is 22.5 Å². The van der Waals surface area contributed by atoms with Crippen LogP contribution in [0.2, 0.25) is 0 Å². The Morgan fingerprint density at radius 2 is 1.12 bits per heavy atom. The van der Waals surface area contributed by atoms with E-state index in [4.69, 9.17) is 0 Å². The van der Waals surface area contributed by atoms with Crippen molar-refractivity contribution in [3.05, 3.63) is 138 Å². The molecule has 1 aliphatic carbocycles. The van der Waals surface area contributed by atoms with E-state index in [9.17, 15) is 10.0 Å². The predicted molar refractivity (Wildman–Crippen MR) is 182 cm³/mol. The van der Waals surface area contributed by atoms with E-state index in [2.05, 4.69) is 124 Å². The number of nitrogens with zero attached hydrogens (tertiary/aromatic N) is 1. The molecule has 4 heteroatoms. The van der Waals surface area contributed by atoms with Crippen molar-refractivity contribution in [1.82, 2.24) is 0 Å². The van der Waals surface area contributed by atoms with E-state index in [0.717, 1.165) is 35.5 Å². The van der Waals surface area contributed by atoms with Crippen LogP contribution in [0, 0.1) is 0 Å². The molecule has 0 saturated carbocycles. The van der Waals surface area contributed by atoms with Gasteiger partial charge in [-0.1, -0.05) is 112 Å². The van der Waals surface area contributed by atoms with E-state index in [1.165, 1.54) is 33.4 Å². The molecule has 0 heterocycles. The van der Waals surface area contributed by atoms with Crippen LogP contribution in [0.25, 0.3) is 27.8 Å². The monoisotopic (exact) mass is 563 g/mol. The fourth-order valence-electron chi connectivity index (χ4n) is 6.59. The molecule has 0 radical (unpaired) electrons. The topological polar surface area (TPSA) is 43.7 Å². The maximum atomic E-state index is 9.65. The first kappa shape index (κ1) is 28.7. The molecule has 5 aromatic carbocycles. The molecule has 0 unspecified atom stereocenters. The van der Waals surface area contributed by atoms with E-state index < -0.39 is 7.12 Å². The summed E-state index contributed by atoms with van der Waals surface area (Å²) in [5.74, 6) is 0. The maximum Gasteiger partial charge on any atom is 0.488 e. The third-order valence-electron chi connectivity index (χ3n) is 8.94. The Kier molecular flexibility index (Phi) is 7.83. The van der Waals surface area contributed by atoms with Gasteiger partial charge in [-0.15, -0.1) is 0 Å². The SMILES string of the molecule is CCCC1=C(C)c2ccc(-c3ccc(N(c4ccc(B(O)O)cc4)c4ccc(-c5ccccc5)cc4)cc3)cc2C1(C)C. The van der Waals surface area contributed by atoms with Gasteiger partial charge in [-0.25, -0.2) is 0 Å². The van der Waals surface area contributed by atoms with Gasteiger partial charge in [0.1, 0.15) is 0 Å². The average molecular weight is 564 g/mol. The molecule has 0 atom stereocenters. The lowest BCUT2D eigenvalue weighted by molar-refractivity contribution is 0.426. The van der Waals surface area contributed by atoms with Crippen LogP contribution in [0.1, 0.15) is 51.7 Å². The van der Waals surface area contributed by atoms with Crippen molar-refractivity contribution in [2.75, 3.05) is 4.90 Å². The van der Waals surface area contributed by atoms with Crippen LogP contribution in [-0.2, 0) is 5.41 Å².